The van der Waals surface area contributed by atoms with Crippen LogP contribution >= 0.6 is 23.5 Å². The number of rotatable bonds is 7. The van der Waals surface area contributed by atoms with E-state index in [1.165, 1.54) is 11.8 Å². The normalized spacial score (nSPS) is 10.4. The molecule has 1 N–H and O–H groups in total. The minimum absolute atomic E-state index is 0.0484. The van der Waals surface area contributed by atoms with E-state index in [0.717, 1.165) is 15.8 Å². The molecule has 0 aliphatic heterocycles. The van der Waals surface area contributed by atoms with Crippen molar-refractivity contribution in [2.45, 2.75) is 10.1 Å². The highest BCUT2D eigenvalue weighted by Gasteiger charge is 2.03. The summed E-state index contributed by atoms with van der Waals surface area (Å²) in [4.78, 5) is 20.9. The monoisotopic (exact) mass is 308 g/mol. The number of aromatic nitrogens is 3. The smallest absolute Gasteiger partial charge is 0.230 e. The molecule has 2 aromatic heterocycles. The van der Waals surface area contributed by atoms with E-state index in [0.29, 0.717) is 12.3 Å². The molecule has 20 heavy (non-hydrogen) atoms. The fraction of sp³-hybridized carbons (Fsp3) is 0.308. The SMILES string of the molecule is Cn1ccnc1SCCNC(=O)CSc1ccncc1. The molecule has 0 bridgehead atoms. The molecule has 1 amide bonds. The van der Waals surface area contributed by atoms with E-state index >= 15 is 0 Å². The van der Waals surface area contributed by atoms with Gasteiger partial charge in [-0.3, -0.25) is 9.78 Å². The van der Waals surface area contributed by atoms with Crippen molar-refractivity contribution in [1.82, 2.24) is 19.9 Å². The fourth-order valence-corrected chi connectivity index (χ4v) is 2.96. The van der Waals surface area contributed by atoms with Crippen molar-refractivity contribution in [2.24, 2.45) is 7.05 Å². The Balaban J connectivity index is 1.60. The largest absolute Gasteiger partial charge is 0.355 e. The van der Waals surface area contributed by atoms with Gasteiger partial charge in [-0.25, -0.2) is 4.98 Å². The van der Waals surface area contributed by atoms with Crippen LogP contribution in [0.15, 0.2) is 47.0 Å². The molecule has 0 fully saturated rings. The Morgan fingerprint density at radius 1 is 1.30 bits per heavy atom. The molecule has 7 heteroatoms. The second-order valence-corrected chi connectivity index (χ2v) is 6.10. The number of carbonyl (C=O) groups excluding carboxylic acids is 1. The summed E-state index contributed by atoms with van der Waals surface area (Å²) in [6.45, 7) is 0.646. The predicted octanol–water partition coefficient (Wildman–Crippen LogP) is 1.82. The number of thioether (sulfide) groups is 2. The van der Waals surface area contributed by atoms with Crippen molar-refractivity contribution in [3.05, 3.63) is 36.9 Å². The minimum atomic E-state index is 0.0484. The molecule has 0 saturated carbocycles. The number of aryl methyl sites for hydroxylation is 1. The third-order valence-electron chi connectivity index (χ3n) is 2.45. The first-order valence-corrected chi connectivity index (χ1v) is 8.12. The number of amides is 1. The molecular formula is C13H16N4OS2. The topological polar surface area (TPSA) is 59.8 Å². The minimum Gasteiger partial charge on any atom is -0.355 e. The molecule has 0 unspecified atom stereocenters. The van der Waals surface area contributed by atoms with Crippen LogP contribution < -0.4 is 5.32 Å². The molecule has 106 valence electrons. The highest BCUT2D eigenvalue weighted by molar-refractivity contribution is 8.00. The lowest BCUT2D eigenvalue weighted by Crippen LogP contribution is -2.27. The number of carbonyl (C=O) groups is 1. The number of hydrogen-bond donors (Lipinski definition) is 1. The zero-order chi connectivity index (χ0) is 14.2. The van der Waals surface area contributed by atoms with Gasteiger partial charge in [0.15, 0.2) is 5.16 Å². The van der Waals surface area contributed by atoms with Crippen LogP contribution in [-0.2, 0) is 11.8 Å². The van der Waals surface area contributed by atoms with Gasteiger partial charge in [-0.15, -0.1) is 11.8 Å². The fourth-order valence-electron chi connectivity index (χ4n) is 1.46. The van der Waals surface area contributed by atoms with Crippen LogP contribution in [0.3, 0.4) is 0 Å². The Bertz CT molecular complexity index is 544. The molecule has 0 radical (unpaired) electrons. The van der Waals surface area contributed by atoms with Crippen LogP contribution in [0.25, 0.3) is 0 Å². The average Bonchev–Trinajstić information content (AvgIpc) is 2.88. The second kappa shape index (κ2) is 7.96. The molecule has 2 aromatic rings. The van der Waals surface area contributed by atoms with Gasteiger partial charge in [0, 0.05) is 49.0 Å². The molecule has 0 saturated heterocycles. The first-order valence-electron chi connectivity index (χ1n) is 6.15. The van der Waals surface area contributed by atoms with Gasteiger partial charge in [-0.1, -0.05) is 11.8 Å². The van der Waals surface area contributed by atoms with E-state index in [9.17, 15) is 4.79 Å². The summed E-state index contributed by atoms with van der Waals surface area (Å²) in [6.07, 6.45) is 7.13. The summed E-state index contributed by atoms with van der Waals surface area (Å²) in [5.74, 6) is 1.29. The zero-order valence-electron chi connectivity index (χ0n) is 11.2. The predicted molar refractivity (Wildman–Crippen MR) is 81.9 cm³/mol. The number of hydrogen-bond acceptors (Lipinski definition) is 5. The first-order chi connectivity index (χ1) is 9.75. The maximum absolute atomic E-state index is 11.7. The Labute approximate surface area is 126 Å². The van der Waals surface area contributed by atoms with E-state index in [1.54, 1.807) is 30.4 Å². The average molecular weight is 308 g/mol. The maximum atomic E-state index is 11.7. The van der Waals surface area contributed by atoms with E-state index < -0.39 is 0 Å². The van der Waals surface area contributed by atoms with Gasteiger partial charge in [-0.2, -0.15) is 0 Å². The van der Waals surface area contributed by atoms with Crippen LogP contribution in [0.5, 0.6) is 0 Å². The van der Waals surface area contributed by atoms with Crippen molar-refractivity contribution in [1.29, 1.82) is 0 Å². The lowest BCUT2D eigenvalue weighted by Gasteiger charge is -2.05. The summed E-state index contributed by atoms with van der Waals surface area (Å²) < 4.78 is 1.96. The number of nitrogens with one attached hydrogen (secondary N) is 1. The summed E-state index contributed by atoms with van der Waals surface area (Å²) in [5, 5.41) is 3.86. The molecule has 0 aliphatic rings. The molecule has 5 nitrogen and oxygen atoms in total. The number of pyridine rings is 1. The third-order valence-corrected chi connectivity index (χ3v) is 4.52. The molecule has 2 rings (SSSR count). The summed E-state index contributed by atoms with van der Waals surface area (Å²) in [6, 6.07) is 3.80. The van der Waals surface area contributed by atoms with Gasteiger partial charge < -0.3 is 9.88 Å². The Morgan fingerprint density at radius 2 is 2.10 bits per heavy atom. The van der Waals surface area contributed by atoms with Gasteiger partial charge in [0.2, 0.25) is 5.91 Å². The Hall–Kier alpha value is -1.47. The Kier molecular flexibility index (Phi) is 5.94. The van der Waals surface area contributed by atoms with Gasteiger partial charge >= 0.3 is 0 Å². The molecule has 0 aromatic carbocycles. The summed E-state index contributed by atoms with van der Waals surface area (Å²) in [5.41, 5.74) is 0. The lowest BCUT2D eigenvalue weighted by molar-refractivity contribution is -0.118. The lowest BCUT2D eigenvalue weighted by atomic mass is 10.5. The number of nitrogens with zero attached hydrogens (tertiary/aromatic N) is 3. The summed E-state index contributed by atoms with van der Waals surface area (Å²) in [7, 11) is 1.96. The van der Waals surface area contributed by atoms with Gasteiger partial charge in [0.05, 0.1) is 5.75 Å². The Morgan fingerprint density at radius 3 is 2.80 bits per heavy atom. The van der Waals surface area contributed by atoms with Crippen molar-refractivity contribution in [3.63, 3.8) is 0 Å². The highest BCUT2D eigenvalue weighted by Crippen LogP contribution is 2.15. The van der Waals surface area contributed by atoms with Crippen molar-refractivity contribution in [2.75, 3.05) is 18.1 Å². The van der Waals surface area contributed by atoms with Crippen molar-refractivity contribution >= 4 is 29.4 Å². The second-order valence-electron chi connectivity index (χ2n) is 3.99. The highest BCUT2D eigenvalue weighted by atomic mass is 32.2. The third kappa shape index (κ3) is 4.90. The zero-order valence-corrected chi connectivity index (χ0v) is 12.8. The van der Waals surface area contributed by atoms with Crippen LogP contribution in [-0.4, -0.2) is 38.5 Å². The van der Waals surface area contributed by atoms with Crippen LogP contribution in [0.4, 0.5) is 0 Å². The molecule has 0 atom stereocenters. The maximum Gasteiger partial charge on any atom is 0.230 e. The van der Waals surface area contributed by atoms with Crippen LogP contribution in [0.2, 0.25) is 0 Å². The molecule has 0 spiro atoms. The summed E-state index contributed by atoms with van der Waals surface area (Å²) >= 11 is 3.14. The van der Waals surface area contributed by atoms with Gasteiger partial charge in [0.25, 0.3) is 0 Å². The van der Waals surface area contributed by atoms with Crippen LogP contribution in [0.1, 0.15) is 0 Å². The van der Waals surface area contributed by atoms with Gasteiger partial charge in [-0.05, 0) is 12.1 Å². The van der Waals surface area contributed by atoms with Gasteiger partial charge in [0.1, 0.15) is 0 Å². The van der Waals surface area contributed by atoms with E-state index in [4.69, 9.17) is 0 Å². The van der Waals surface area contributed by atoms with E-state index in [1.807, 2.05) is 29.9 Å². The van der Waals surface area contributed by atoms with E-state index in [2.05, 4.69) is 15.3 Å². The first kappa shape index (κ1) is 14.9. The molecule has 0 aliphatic carbocycles. The van der Waals surface area contributed by atoms with Crippen LogP contribution in [0, 0.1) is 0 Å². The van der Waals surface area contributed by atoms with E-state index in [-0.39, 0.29) is 5.91 Å². The molecule has 2 heterocycles. The number of imidazole rings is 1. The molecular weight excluding hydrogens is 292 g/mol. The van der Waals surface area contributed by atoms with Crippen molar-refractivity contribution in [3.8, 4) is 0 Å². The standard InChI is InChI=1S/C13H16N4OS2/c1-17-8-6-16-13(17)19-9-7-15-12(18)10-20-11-2-4-14-5-3-11/h2-6,8H,7,9-10H2,1H3,(H,15,18). The quantitative estimate of drug-likeness (QED) is 0.624. The van der Waals surface area contributed by atoms with Crippen molar-refractivity contribution < 1.29 is 4.79 Å².